The molecule has 5 heteroatoms. The largest absolute Gasteiger partial charge is 0.460 e. The van der Waals surface area contributed by atoms with Crippen molar-refractivity contribution >= 4 is 5.97 Å². The van der Waals surface area contributed by atoms with Crippen LogP contribution in [0.15, 0.2) is 12.3 Å². The molecule has 0 unspecified atom stereocenters. The molecule has 1 aromatic heterocycles. The van der Waals surface area contributed by atoms with Crippen molar-refractivity contribution in [3.05, 3.63) is 18.0 Å². The van der Waals surface area contributed by atoms with Crippen molar-refractivity contribution in [2.45, 2.75) is 26.8 Å². The molecule has 0 radical (unpaired) electrons. The van der Waals surface area contributed by atoms with Gasteiger partial charge in [-0.25, -0.2) is 4.79 Å². The molecule has 0 aliphatic carbocycles. The molecule has 0 aliphatic heterocycles. The molecule has 1 rings (SSSR count). The molecule has 0 spiro atoms. The molecule has 0 N–H and O–H groups in total. The average molecular weight is 221 g/mol. The summed E-state index contributed by atoms with van der Waals surface area (Å²) in [5.41, 5.74) is 0.277. The Labute approximate surface area is 94.6 Å². The number of ether oxygens (including phenoxy) is 1. The summed E-state index contributed by atoms with van der Waals surface area (Å²) in [6.07, 6.45) is 1.73. The maximum absolute atomic E-state index is 11.5. The van der Waals surface area contributed by atoms with Crippen LogP contribution in [-0.2, 0) is 4.74 Å². The number of nitrogens with zero attached hydrogens (tertiary/aromatic N) is 3. The van der Waals surface area contributed by atoms with Crippen molar-refractivity contribution < 1.29 is 9.53 Å². The second-order valence-electron chi connectivity index (χ2n) is 3.90. The Morgan fingerprint density at radius 3 is 2.81 bits per heavy atom. The number of nitriles is 1. The second kappa shape index (κ2) is 5.31. The summed E-state index contributed by atoms with van der Waals surface area (Å²) in [4.78, 5) is 11.5. The standard InChI is InChI=1S/C11H15N3O2/c1-8(2)14-5-4-10(13-14)11(15)16-7-9(3)6-12/h4-5,8-9H,7H2,1-3H3/t9-/m0/s1. The van der Waals surface area contributed by atoms with E-state index in [0.717, 1.165) is 0 Å². The molecule has 1 atom stereocenters. The monoisotopic (exact) mass is 221 g/mol. The van der Waals surface area contributed by atoms with Gasteiger partial charge in [-0.05, 0) is 26.8 Å². The van der Waals surface area contributed by atoms with Gasteiger partial charge in [-0.15, -0.1) is 0 Å². The van der Waals surface area contributed by atoms with E-state index >= 15 is 0 Å². The Morgan fingerprint density at radius 2 is 2.31 bits per heavy atom. The zero-order chi connectivity index (χ0) is 12.1. The van der Waals surface area contributed by atoms with E-state index < -0.39 is 5.97 Å². The molecule has 0 saturated carbocycles. The number of rotatable bonds is 4. The highest BCUT2D eigenvalue weighted by Gasteiger charge is 2.13. The highest BCUT2D eigenvalue weighted by atomic mass is 16.5. The van der Waals surface area contributed by atoms with Crippen molar-refractivity contribution in [1.29, 1.82) is 5.26 Å². The first-order valence-corrected chi connectivity index (χ1v) is 5.16. The van der Waals surface area contributed by atoms with Crippen LogP contribution in [0, 0.1) is 17.2 Å². The number of esters is 1. The first-order valence-electron chi connectivity index (χ1n) is 5.16. The van der Waals surface area contributed by atoms with E-state index in [4.69, 9.17) is 10.00 Å². The SMILES string of the molecule is CC(C)n1ccc(C(=O)OC[C@@H](C)C#N)n1. The minimum absolute atomic E-state index is 0.101. The maximum atomic E-state index is 11.5. The van der Waals surface area contributed by atoms with Gasteiger partial charge in [0, 0.05) is 12.2 Å². The lowest BCUT2D eigenvalue weighted by Gasteiger charge is -2.05. The van der Waals surface area contributed by atoms with Gasteiger partial charge >= 0.3 is 5.97 Å². The molecular weight excluding hydrogens is 206 g/mol. The van der Waals surface area contributed by atoms with Crippen LogP contribution in [0.3, 0.4) is 0 Å². The molecule has 0 fully saturated rings. The van der Waals surface area contributed by atoms with Crippen molar-refractivity contribution in [3.63, 3.8) is 0 Å². The molecule has 0 aliphatic rings. The van der Waals surface area contributed by atoms with Crippen LogP contribution < -0.4 is 0 Å². The number of hydrogen-bond acceptors (Lipinski definition) is 4. The third kappa shape index (κ3) is 3.09. The quantitative estimate of drug-likeness (QED) is 0.727. The summed E-state index contributed by atoms with van der Waals surface area (Å²) in [6, 6.07) is 3.81. The van der Waals surface area contributed by atoms with Crippen molar-refractivity contribution in [2.75, 3.05) is 6.61 Å². The van der Waals surface area contributed by atoms with E-state index in [1.54, 1.807) is 23.9 Å². The maximum Gasteiger partial charge on any atom is 0.358 e. The fourth-order valence-corrected chi connectivity index (χ4v) is 1.05. The third-order valence-electron chi connectivity index (χ3n) is 2.03. The predicted octanol–water partition coefficient (Wildman–Crippen LogP) is 1.78. The lowest BCUT2D eigenvalue weighted by molar-refractivity contribution is 0.0467. The van der Waals surface area contributed by atoms with Crippen LogP contribution in [0.4, 0.5) is 0 Å². The smallest absolute Gasteiger partial charge is 0.358 e. The minimum atomic E-state index is -0.485. The number of hydrogen-bond donors (Lipinski definition) is 0. The van der Waals surface area contributed by atoms with Gasteiger partial charge in [0.15, 0.2) is 5.69 Å². The Hall–Kier alpha value is -1.83. The molecular formula is C11H15N3O2. The topological polar surface area (TPSA) is 67.9 Å². The van der Waals surface area contributed by atoms with Crippen molar-refractivity contribution in [1.82, 2.24) is 9.78 Å². The van der Waals surface area contributed by atoms with Crippen LogP contribution in [0.2, 0.25) is 0 Å². The number of aromatic nitrogens is 2. The normalized spacial score (nSPS) is 12.2. The molecule has 0 saturated heterocycles. The number of carbonyl (C=O) groups excluding carboxylic acids is 1. The Morgan fingerprint density at radius 1 is 1.62 bits per heavy atom. The molecule has 1 aromatic rings. The van der Waals surface area contributed by atoms with Gasteiger partial charge in [-0.3, -0.25) is 4.68 Å². The third-order valence-corrected chi connectivity index (χ3v) is 2.03. The highest BCUT2D eigenvalue weighted by Crippen LogP contribution is 2.06. The minimum Gasteiger partial charge on any atom is -0.460 e. The van der Waals surface area contributed by atoms with Crippen LogP contribution in [0.5, 0.6) is 0 Å². The van der Waals surface area contributed by atoms with E-state index in [-0.39, 0.29) is 24.3 Å². The lowest BCUT2D eigenvalue weighted by atomic mass is 10.2. The summed E-state index contributed by atoms with van der Waals surface area (Å²) in [5.74, 6) is -0.780. The molecule has 0 amide bonds. The molecule has 0 aromatic carbocycles. The van der Waals surface area contributed by atoms with E-state index in [2.05, 4.69) is 5.10 Å². The van der Waals surface area contributed by atoms with E-state index in [1.165, 1.54) is 0 Å². The van der Waals surface area contributed by atoms with Crippen LogP contribution in [-0.4, -0.2) is 22.4 Å². The van der Waals surface area contributed by atoms with Crippen LogP contribution in [0.25, 0.3) is 0 Å². The fraction of sp³-hybridized carbons (Fsp3) is 0.545. The van der Waals surface area contributed by atoms with Crippen LogP contribution >= 0.6 is 0 Å². The number of carbonyl (C=O) groups is 1. The van der Waals surface area contributed by atoms with Crippen molar-refractivity contribution in [3.8, 4) is 6.07 Å². The first-order chi connectivity index (χ1) is 7.54. The molecule has 0 bridgehead atoms. The van der Waals surface area contributed by atoms with Gasteiger partial charge in [0.2, 0.25) is 0 Å². The van der Waals surface area contributed by atoms with Gasteiger partial charge in [0.1, 0.15) is 6.61 Å². The summed E-state index contributed by atoms with van der Waals surface area (Å²) in [5, 5.41) is 12.6. The second-order valence-corrected chi connectivity index (χ2v) is 3.90. The average Bonchev–Trinajstić information content (AvgIpc) is 2.74. The van der Waals surface area contributed by atoms with E-state index in [1.807, 2.05) is 19.9 Å². The highest BCUT2D eigenvalue weighted by molar-refractivity contribution is 5.87. The summed E-state index contributed by atoms with van der Waals surface area (Å²) in [7, 11) is 0. The van der Waals surface area contributed by atoms with Gasteiger partial charge in [0.05, 0.1) is 12.0 Å². The van der Waals surface area contributed by atoms with Gasteiger partial charge in [0.25, 0.3) is 0 Å². The Bertz CT molecular complexity index is 404. The van der Waals surface area contributed by atoms with Crippen molar-refractivity contribution in [2.24, 2.45) is 5.92 Å². The summed E-state index contributed by atoms with van der Waals surface area (Å²) < 4.78 is 6.62. The van der Waals surface area contributed by atoms with Crippen LogP contribution in [0.1, 0.15) is 37.3 Å². The lowest BCUT2D eigenvalue weighted by Crippen LogP contribution is -2.12. The zero-order valence-corrected chi connectivity index (χ0v) is 9.67. The predicted molar refractivity (Wildman–Crippen MR) is 57.7 cm³/mol. The van der Waals surface area contributed by atoms with E-state index in [9.17, 15) is 4.79 Å². The van der Waals surface area contributed by atoms with E-state index in [0.29, 0.717) is 0 Å². The first kappa shape index (κ1) is 12.2. The summed E-state index contributed by atoms with van der Waals surface area (Å²) >= 11 is 0. The van der Waals surface area contributed by atoms with Gasteiger partial charge in [-0.1, -0.05) is 0 Å². The summed E-state index contributed by atoms with van der Waals surface area (Å²) in [6.45, 7) is 5.74. The molecule has 16 heavy (non-hydrogen) atoms. The molecule has 86 valence electrons. The van der Waals surface area contributed by atoms with Gasteiger partial charge in [-0.2, -0.15) is 10.4 Å². The Kier molecular flexibility index (Phi) is 4.06. The molecule has 5 nitrogen and oxygen atoms in total. The van der Waals surface area contributed by atoms with Gasteiger partial charge < -0.3 is 4.74 Å². The fourth-order valence-electron chi connectivity index (χ4n) is 1.05. The Balaban J connectivity index is 2.57. The zero-order valence-electron chi connectivity index (χ0n) is 9.67. The molecule has 1 heterocycles.